The molecule has 3 rings (SSSR count). The fraction of sp³-hybridized carbons (Fsp3) is 0.421. The van der Waals surface area contributed by atoms with Gasteiger partial charge >= 0.3 is 5.97 Å². The van der Waals surface area contributed by atoms with Crippen molar-refractivity contribution in [2.24, 2.45) is 5.92 Å². The number of carbonyl (C=O) groups excluding carboxylic acids is 1. The number of aromatic nitrogens is 2. The fourth-order valence-electron chi connectivity index (χ4n) is 2.36. The van der Waals surface area contributed by atoms with Gasteiger partial charge in [0.05, 0.1) is 31.2 Å². The molecule has 2 aromatic rings. The molecule has 0 spiro atoms. The van der Waals surface area contributed by atoms with E-state index in [1.165, 1.54) is 20.0 Å². The van der Waals surface area contributed by atoms with Gasteiger partial charge in [-0.05, 0) is 44.7 Å². The van der Waals surface area contributed by atoms with Gasteiger partial charge < -0.3 is 19.5 Å². The Kier molecular flexibility index (Phi) is 5.55. The molecule has 26 heavy (non-hydrogen) atoms. The highest BCUT2D eigenvalue weighted by Gasteiger charge is 2.20. The summed E-state index contributed by atoms with van der Waals surface area (Å²) in [4.78, 5) is 20.4. The van der Waals surface area contributed by atoms with Gasteiger partial charge in [0.2, 0.25) is 5.88 Å². The summed E-state index contributed by atoms with van der Waals surface area (Å²) in [6.45, 7) is 4.74. The molecule has 0 unspecified atom stereocenters. The van der Waals surface area contributed by atoms with Crippen LogP contribution in [0.15, 0.2) is 30.6 Å². The highest BCUT2D eigenvalue weighted by Crippen LogP contribution is 2.29. The van der Waals surface area contributed by atoms with Gasteiger partial charge in [-0.2, -0.15) is 0 Å². The quantitative estimate of drug-likeness (QED) is 0.722. The molecule has 0 atom stereocenters. The van der Waals surface area contributed by atoms with Crippen molar-refractivity contribution in [3.8, 4) is 17.4 Å². The van der Waals surface area contributed by atoms with Crippen LogP contribution in [0.3, 0.4) is 0 Å². The van der Waals surface area contributed by atoms with Gasteiger partial charge in [-0.1, -0.05) is 0 Å². The summed E-state index contributed by atoms with van der Waals surface area (Å²) < 4.78 is 16.2. The number of esters is 1. The lowest BCUT2D eigenvalue weighted by atomic mass is 10.2. The molecule has 1 aliphatic carbocycles. The molecular weight excluding hydrogens is 334 g/mol. The Labute approximate surface area is 152 Å². The number of hydrogen-bond donors (Lipinski definition) is 1. The lowest BCUT2D eigenvalue weighted by molar-refractivity contribution is 0.0599. The van der Waals surface area contributed by atoms with Crippen LogP contribution in [0.1, 0.15) is 37.0 Å². The zero-order valence-corrected chi connectivity index (χ0v) is 15.2. The monoisotopic (exact) mass is 357 g/mol. The first-order chi connectivity index (χ1) is 12.5. The van der Waals surface area contributed by atoms with Gasteiger partial charge in [0, 0.05) is 12.6 Å². The second kappa shape index (κ2) is 8.03. The molecule has 1 fully saturated rings. The summed E-state index contributed by atoms with van der Waals surface area (Å²) in [5.41, 5.74) is 0.344. The Hall–Kier alpha value is -2.83. The molecule has 0 bridgehead atoms. The summed E-state index contributed by atoms with van der Waals surface area (Å²) in [5.74, 6) is 2.30. The van der Waals surface area contributed by atoms with Crippen LogP contribution < -0.4 is 14.8 Å². The zero-order valence-electron chi connectivity index (χ0n) is 15.2. The lowest BCUT2D eigenvalue weighted by Gasteiger charge is -2.13. The third-order valence-electron chi connectivity index (χ3n) is 3.79. The number of ether oxygens (including phenoxy) is 3. The van der Waals surface area contributed by atoms with E-state index < -0.39 is 5.97 Å². The molecule has 0 saturated heterocycles. The van der Waals surface area contributed by atoms with E-state index in [9.17, 15) is 4.79 Å². The topological polar surface area (TPSA) is 82.6 Å². The van der Waals surface area contributed by atoms with E-state index in [0.29, 0.717) is 22.9 Å². The van der Waals surface area contributed by atoms with Crippen LogP contribution in [-0.2, 0) is 4.74 Å². The summed E-state index contributed by atoms with van der Waals surface area (Å²) in [6, 6.07) is 4.91. The van der Waals surface area contributed by atoms with Crippen molar-refractivity contribution in [2.45, 2.75) is 32.8 Å². The largest absolute Gasteiger partial charge is 0.491 e. The summed E-state index contributed by atoms with van der Waals surface area (Å²) >= 11 is 0. The summed E-state index contributed by atoms with van der Waals surface area (Å²) in [5, 5.41) is 3.25. The number of nitrogens with one attached hydrogen (secondary N) is 1. The number of carbonyl (C=O) groups is 1. The minimum atomic E-state index is -0.463. The lowest BCUT2D eigenvalue weighted by Crippen LogP contribution is -2.08. The van der Waals surface area contributed by atoms with Crippen molar-refractivity contribution in [3.05, 3.63) is 36.2 Å². The summed E-state index contributed by atoms with van der Waals surface area (Å²) in [7, 11) is 1.33. The molecule has 0 amide bonds. The number of nitrogens with zero attached hydrogens (tertiary/aromatic N) is 2. The second-order valence-electron chi connectivity index (χ2n) is 6.52. The van der Waals surface area contributed by atoms with Gasteiger partial charge in [0.15, 0.2) is 0 Å². The average molecular weight is 357 g/mol. The Balaban J connectivity index is 1.73. The summed E-state index contributed by atoms with van der Waals surface area (Å²) in [6.07, 6.45) is 5.70. The highest BCUT2D eigenvalue weighted by atomic mass is 16.5. The average Bonchev–Trinajstić information content (AvgIpc) is 3.44. The van der Waals surface area contributed by atoms with Gasteiger partial charge in [-0.15, -0.1) is 0 Å². The van der Waals surface area contributed by atoms with Gasteiger partial charge in [0.1, 0.15) is 17.3 Å². The molecule has 1 heterocycles. The highest BCUT2D eigenvalue weighted by molar-refractivity contribution is 5.90. The van der Waals surface area contributed by atoms with Crippen LogP contribution >= 0.6 is 0 Å². The molecule has 138 valence electrons. The van der Waals surface area contributed by atoms with Crippen molar-refractivity contribution in [2.75, 3.05) is 19.0 Å². The van der Waals surface area contributed by atoms with Gasteiger partial charge in [-0.3, -0.25) is 0 Å². The van der Waals surface area contributed by atoms with Gasteiger partial charge in [0.25, 0.3) is 0 Å². The third-order valence-corrected chi connectivity index (χ3v) is 3.79. The first kappa shape index (κ1) is 18.0. The molecule has 1 aromatic heterocycles. The third kappa shape index (κ3) is 5.08. The first-order valence-corrected chi connectivity index (χ1v) is 8.67. The first-order valence-electron chi connectivity index (χ1n) is 8.67. The molecular formula is C19H23N3O4. The maximum absolute atomic E-state index is 11.9. The predicted octanol–water partition coefficient (Wildman–Crippen LogP) is 3.66. The number of benzene rings is 1. The van der Waals surface area contributed by atoms with Crippen LogP contribution in [0.2, 0.25) is 0 Å². The van der Waals surface area contributed by atoms with Gasteiger partial charge in [-0.25, -0.2) is 14.8 Å². The molecule has 1 aliphatic rings. The number of methoxy groups -OCH3 is 1. The SMILES string of the molecule is COC(=O)c1cc(Oc2cnc(NCC3CC3)cn2)cc(OC(C)C)c1. The maximum atomic E-state index is 11.9. The molecule has 1 saturated carbocycles. The second-order valence-corrected chi connectivity index (χ2v) is 6.52. The van der Waals surface area contributed by atoms with Crippen LogP contribution in [0.4, 0.5) is 5.82 Å². The Morgan fingerprint density at radius 3 is 2.58 bits per heavy atom. The van der Waals surface area contributed by atoms with E-state index >= 15 is 0 Å². The van der Waals surface area contributed by atoms with E-state index in [1.807, 2.05) is 13.8 Å². The normalized spacial score (nSPS) is 13.4. The maximum Gasteiger partial charge on any atom is 0.338 e. The van der Waals surface area contributed by atoms with Crippen molar-refractivity contribution in [3.63, 3.8) is 0 Å². The van der Waals surface area contributed by atoms with E-state index in [4.69, 9.17) is 14.2 Å². The Morgan fingerprint density at radius 1 is 1.19 bits per heavy atom. The van der Waals surface area contributed by atoms with Crippen molar-refractivity contribution in [1.29, 1.82) is 0 Å². The fourth-order valence-corrected chi connectivity index (χ4v) is 2.36. The Morgan fingerprint density at radius 2 is 1.96 bits per heavy atom. The molecule has 7 heteroatoms. The van der Waals surface area contributed by atoms with Crippen LogP contribution in [-0.4, -0.2) is 35.7 Å². The molecule has 0 radical (unpaired) electrons. The minimum Gasteiger partial charge on any atom is -0.491 e. The molecule has 0 aliphatic heterocycles. The van der Waals surface area contributed by atoms with Crippen molar-refractivity contribution in [1.82, 2.24) is 9.97 Å². The smallest absolute Gasteiger partial charge is 0.338 e. The Bertz CT molecular complexity index is 758. The number of rotatable bonds is 8. The molecule has 7 nitrogen and oxygen atoms in total. The van der Waals surface area contributed by atoms with Crippen molar-refractivity contribution >= 4 is 11.8 Å². The number of hydrogen-bond acceptors (Lipinski definition) is 7. The predicted molar refractivity (Wildman–Crippen MR) is 96.9 cm³/mol. The standard InChI is InChI=1S/C19H23N3O4/c1-12(2)25-15-6-14(19(23)24-3)7-16(8-15)26-18-11-21-17(10-22-18)20-9-13-4-5-13/h6-8,10-13H,4-5,9H2,1-3H3,(H,20,21). The number of anilines is 1. The van der Waals surface area contributed by atoms with E-state index in [0.717, 1.165) is 18.3 Å². The molecule has 1 N–H and O–H groups in total. The van der Waals surface area contributed by atoms with Crippen LogP contribution in [0.25, 0.3) is 0 Å². The van der Waals surface area contributed by atoms with E-state index in [2.05, 4.69) is 15.3 Å². The van der Waals surface area contributed by atoms with E-state index in [-0.39, 0.29) is 6.10 Å². The zero-order chi connectivity index (χ0) is 18.5. The van der Waals surface area contributed by atoms with E-state index in [1.54, 1.807) is 30.6 Å². The van der Waals surface area contributed by atoms with Crippen molar-refractivity contribution < 1.29 is 19.0 Å². The minimum absolute atomic E-state index is 0.0348. The molecule has 1 aromatic carbocycles. The van der Waals surface area contributed by atoms with Crippen LogP contribution in [0.5, 0.6) is 17.4 Å². The van der Waals surface area contributed by atoms with Crippen LogP contribution in [0, 0.1) is 5.92 Å².